The molecule has 1 saturated carbocycles. The molecule has 0 bridgehead atoms. The first-order valence-electron chi connectivity index (χ1n) is 13.4. The van der Waals surface area contributed by atoms with E-state index in [9.17, 15) is 19.8 Å². The number of likely N-dealkylation sites (tertiary alicyclic amines) is 1. The second-order valence-corrected chi connectivity index (χ2v) is 11.5. The minimum absolute atomic E-state index is 0.0720. The van der Waals surface area contributed by atoms with Gasteiger partial charge in [-0.1, -0.05) is 49.6 Å². The minimum atomic E-state index is -1.09. The van der Waals surface area contributed by atoms with Gasteiger partial charge in [-0.25, -0.2) is 4.79 Å². The number of amides is 2. The molecule has 2 N–H and O–H groups in total. The van der Waals surface area contributed by atoms with Crippen molar-refractivity contribution in [1.82, 2.24) is 9.80 Å². The van der Waals surface area contributed by atoms with Crippen molar-refractivity contribution in [3.05, 3.63) is 60.2 Å². The van der Waals surface area contributed by atoms with Crippen LogP contribution in [0.25, 0.3) is 0 Å². The summed E-state index contributed by atoms with van der Waals surface area (Å²) >= 11 is 0. The molecular weight excluding hydrogens is 468 g/mol. The molecule has 1 atom stereocenters. The van der Waals surface area contributed by atoms with Gasteiger partial charge in [-0.2, -0.15) is 0 Å². The molecule has 200 valence electrons. The van der Waals surface area contributed by atoms with E-state index in [1.54, 1.807) is 0 Å². The molecule has 0 spiro atoms. The van der Waals surface area contributed by atoms with Gasteiger partial charge in [0.2, 0.25) is 5.91 Å². The number of ether oxygens (including phenoxy) is 1. The van der Waals surface area contributed by atoms with Crippen LogP contribution in [0.3, 0.4) is 0 Å². The number of carboxylic acid groups (broad SMARTS) is 1. The fraction of sp³-hybridized carbons (Fsp3) is 0.533. The molecule has 2 aromatic carbocycles. The average molecular weight is 509 g/mol. The Morgan fingerprint density at radius 2 is 1.51 bits per heavy atom. The number of aliphatic hydroxyl groups is 1. The molecule has 0 aromatic heterocycles. The molecule has 1 unspecified atom stereocenters. The molecular formula is C30H40N2O5. The third kappa shape index (κ3) is 6.27. The van der Waals surface area contributed by atoms with Crippen LogP contribution in [0.4, 0.5) is 4.79 Å². The molecule has 1 aliphatic heterocycles. The summed E-state index contributed by atoms with van der Waals surface area (Å²) in [5.41, 5.74) is -0.808. The Balaban J connectivity index is 1.53. The lowest BCUT2D eigenvalue weighted by atomic mass is 9.72. The van der Waals surface area contributed by atoms with Gasteiger partial charge in [0, 0.05) is 24.7 Å². The van der Waals surface area contributed by atoms with E-state index in [2.05, 4.69) is 0 Å². The molecule has 0 radical (unpaired) electrons. The Morgan fingerprint density at radius 3 is 2.05 bits per heavy atom. The highest BCUT2D eigenvalue weighted by Gasteiger charge is 2.46. The fourth-order valence-electron chi connectivity index (χ4n) is 6.01. The van der Waals surface area contributed by atoms with Crippen molar-refractivity contribution in [3.63, 3.8) is 0 Å². The number of piperidine rings is 1. The standard InChI is InChI=1S/C30H40N2O5/c1-29(2,3)32(28(34)35)23-16-20-31(21-17-23)27(33)26(30(36)18-8-5-9-19-30)22-12-14-25(15-13-22)37-24-10-6-4-7-11-24/h4,6-7,10-15,23,26,36H,5,8-9,16-21H2,1-3H3,(H,34,35). The monoisotopic (exact) mass is 508 g/mol. The molecule has 1 heterocycles. The highest BCUT2D eigenvalue weighted by atomic mass is 16.5. The summed E-state index contributed by atoms with van der Waals surface area (Å²) in [6.07, 6.45) is 4.31. The third-order valence-corrected chi connectivity index (χ3v) is 7.77. The van der Waals surface area contributed by atoms with Gasteiger partial charge < -0.3 is 24.7 Å². The van der Waals surface area contributed by atoms with Crippen LogP contribution in [0.2, 0.25) is 0 Å². The van der Waals surface area contributed by atoms with Crippen molar-refractivity contribution < 1.29 is 24.5 Å². The van der Waals surface area contributed by atoms with Gasteiger partial charge in [-0.15, -0.1) is 0 Å². The van der Waals surface area contributed by atoms with Crippen molar-refractivity contribution in [2.45, 2.75) is 88.8 Å². The number of para-hydroxylation sites is 1. The van der Waals surface area contributed by atoms with E-state index in [1.807, 2.05) is 80.3 Å². The molecule has 1 aliphatic carbocycles. The zero-order valence-corrected chi connectivity index (χ0v) is 22.2. The largest absolute Gasteiger partial charge is 0.465 e. The van der Waals surface area contributed by atoms with Gasteiger partial charge >= 0.3 is 6.09 Å². The van der Waals surface area contributed by atoms with Gasteiger partial charge in [0.1, 0.15) is 11.5 Å². The Kier molecular flexibility index (Phi) is 8.12. The topological polar surface area (TPSA) is 90.3 Å². The number of carbonyl (C=O) groups is 2. The fourth-order valence-corrected chi connectivity index (χ4v) is 6.01. The van der Waals surface area contributed by atoms with Crippen LogP contribution in [0.5, 0.6) is 11.5 Å². The van der Waals surface area contributed by atoms with Crippen molar-refractivity contribution in [2.24, 2.45) is 0 Å². The van der Waals surface area contributed by atoms with Crippen LogP contribution in [0.15, 0.2) is 54.6 Å². The molecule has 7 heteroatoms. The highest BCUT2D eigenvalue weighted by molar-refractivity contribution is 5.85. The minimum Gasteiger partial charge on any atom is -0.465 e. The maximum Gasteiger partial charge on any atom is 0.407 e. The van der Waals surface area contributed by atoms with E-state index >= 15 is 0 Å². The van der Waals surface area contributed by atoms with E-state index in [-0.39, 0.29) is 11.9 Å². The van der Waals surface area contributed by atoms with Gasteiger partial charge in [-0.3, -0.25) is 4.79 Å². The molecule has 2 amide bonds. The molecule has 2 aromatic rings. The maximum atomic E-state index is 14.0. The van der Waals surface area contributed by atoms with Crippen LogP contribution >= 0.6 is 0 Å². The number of nitrogens with zero attached hydrogens (tertiary/aromatic N) is 2. The summed E-state index contributed by atoms with van der Waals surface area (Å²) in [6, 6.07) is 16.9. The summed E-state index contributed by atoms with van der Waals surface area (Å²) in [5, 5.41) is 21.5. The van der Waals surface area contributed by atoms with E-state index in [1.165, 1.54) is 4.90 Å². The number of rotatable bonds is 6. The second kappa shape index (κ2) is 11.1. The molecule has 37 heavy (non-hydrogen) atoms. The number of benzene rings is 2. The zero-order valence-electron chi connectivity index (χ0n) is 22.2. The number of hydrogen-bond acceptors (Lipinski definition) is 4. The molecule has 4 rings (SSSR count). The van der Waals surface area contributed by atoms with E-state index in [4.69, 9.17) is 4.74 Å². The Labute approximate surface area is 220 Å². The number of hydrogen-bond donors (Lipinski definition) is 2. The lowest BCUT2D eigenvalue weighted by Crippen LogP contribution is -2.56. The third-order valence-electron chi connectivity index (χ3n) is 7.77. The highest BCUT2D eigenvalue weighted by Crippen LogP contribution is 2.42. The smallest absolute Gasteiger partial charge is 0.407 e. The first-order valence-corrected chi connectivity index (χ1v) is 13.4. The van der Waals surface area contributed by atoms with Crippen LogP contribution < -0.4 is 4.74 Å². The van der Waals surface area contributed by atoms with Crippen molar-refractivity contribution in [2.75, 3.05) is 13.1 Å². The SMILES string of the molecule is CC(C)(C)N(C(=O)O)C1CCN(C(=O)C(c2ccc(Oc3ccccc3)cc2)C2(O)CCCCC2)CC1. The van der Waals surface area contributed by atoms with E-state index < -0.39 is 23.2 Å². The predicted molar refractivity (Wildman–Crippen MR) is 143 cm³/mol. The molecule has 1 saturated heterocycles. The van der Waals surface area contributed by atoms with Crippen LogP contribution in [-0.4, -0.2) is 62.3 Å². The molecule has 2 fully saturated rings. The summed E-state index contributed by atoms with van der Waals surface area (Å²) in [7, 11) is 0. The number of carbonyl (C=O) groups excluding carboxylic acids is 1. The lowest BCUT2D eigenvalue weighted by Gasteiger charge is -2.45. The first-order chi connectivity index (χ1) is 17.6. The average Bonchev–Trinajstić information content (AvgIpc) is 2.85. The van der Waals surface area contributed by atoms with Crippen LogP contribution in [-0.2, 0) is 4.79 Å². The maximum absolute atomic E-state index is 14.0. The normalized spacial score (nSPS) is 19.2. The molecule has 2 aliphatic rings. The summed E-state index contributed by atoms with van der Waals surface area (Å²) in [4.78, 5) is 29.3. The van der Waals surface area contributed by atoms with E-state index in [0.29, 0.717) is 44.5 Å². The van der Waals surface area contributed by atoms with Gasteiger partial charge in [0.05, 0.1) is 11.5 Å². The van der Waals surface area contributed by atoms with Crippen LogP contribution in [0, 0.1) is 0 Å². The zero-order chi connectivity index (χ0) is 26.6. The summed E-state index contributed by atoms with van der Waals surface area (Å²) < 4.78 is 5.93. The van der Waals surface area contributed by atoms with Gasteiger partial charge in [-0.05, 0) is 76.3 Å². The van der Waals surface area contributed by atoms with Crippen LogP contribution in [0.1, 0.15) is 77.2 Å². The van der Waals surface area contributed by atoms with Crippen molar-refractivity contribution >= 4 is 12.0 Å². The Hall–Kier alpha value is -3.06. The summed E-state index contributed by atoms with van der Waals surface area (Å²) in [5.74, 6) is 0.682. The second-order valence-electron chi connectivity index (χ2n) is 11.5. The summed E-state index contributed by atoms with van der Waals surface area (Å²) in [6.45, 7) is 6.66. The van der Waals surface area contributed by atoms with Gasteiger partial charge in [0.25, 0.3) is 0 Å². The first kappa shape index (κ1) is 27.0. The van der Waals surface area contributed by atoms with Gasteiger partial charge in [0.15, 0.2) is 0 Å². The van der Waals surface area contributed by atoms with Crippen molar-refractivity contribution in [3.8, 4) is 11.5 Å². The Morgan fingerprint density at radius 1 is 0.946 bits per heavy atom. The Bertz CT molecular complexity index is 1050. The molecule has 7 nitrogen and oxygen atoms in total. The quantitative estimate of drug-likeness (QED) is 0.497. The van der Waals surface area contributed by atoms with Crippen molar-refractivity contribution in [1.29, 1.82) is 0 Å². The predicted octanol–water partition coefficient (Wildman–Crippen LogP) is 6.03. The van der Waals surface area contributed by atoms with E-state index in [0.717, 1.165) is 30.6 Å². The lowest BCUT2D eigenvalue weighted by molar-refractivity contribution is -0.143.